The number of nitrogens with zero attached hydrogens (tertiary/aromatic N) is 1. The minimum atomic E-state index is -1.12. The summed E-state index contributed by atoms with van der Waals surface area (Å²) >= 11 is 11.7. The van der Waals surface area contributed by atoms with Gasteiger partial charge in [0.25, 0.3) is 0 Å². The highest BCUT2D eigenvalue weighted by Gasteiger charge is 2.37. The third-order valence-electron chi connectivity index (χ3n) is 3.69. The van der Waals surface area contributed by atoms with Crippen molar-refractivity contribution in [3.05, 3.63) is 33.8 Å². The van der Waals surface area contributed by atoms with Gasteiger partial charge in [-0.25, -0.2) is 0 Å². The van der Waals surface area contributed by atoms with Gasteiger partial charge in [-0.3, -0.25) is 4.79 Å². The Morgan fingerprint density at radius 1 is 1.45 bits per heavy atom. The Morgan fingerprint density at radius 3 is 2.75 bits per heavy atom. The number of rotatable bonds is 2. The van der Waals surface area contributed by atoms with Crippen LogP contribution < -0.4 is 0 Å². The second-order valence-corrected chi connectivity index (χ2v) is 6.20. The lowest BCUT2D eigenvalue weighted by molar-refractivity contribution is -0.145. The molecule has 0 radical (unpaired) electrons. The van der Waals surface area contributed by atoms with Gasteiger partial charge in [-0.1, -0.05) is 29.3 Å². The molecule has 0 saturated carbocycles. The predicted molar refractivity (Wildman–Crippen MR) is 78.0 cm³/mol. The van der Waals surface area contributed by atoms with Gasteiger partial charge in [0.05, 0.1) is 28.2 Å². The van der Waals surface area contributed by atoms with Crippen LogP contribution in [0.1, 0.15) is 18.9 Å². The highest BCUT2D eigenvalue weighted by molar-refractivity contribution is 6.42. The predicted octanol–water partition coefficient (Wildman–Crippen LogP) is 1.88. The number of β-amino-alcohol motifs (C(OH)–C–C–N with tert-alkyl or cyclic N) is 1. The molecule has 1 fully saturated rings. The zero-order valence-corrected chi connectivity index (χ0v) is 12.7. The second-order valence-electron chi connectivity index (χ2n) is 5.39. The fourth-order valence-electron chi connectivity index (χ4n) is 2.19. The van der Waals surface area contributed by atoms with Crippen LogP contribution in [0, 0.1) is 0 Å². The van der Waals surface area contributed by atoms with E-state index in [1.807, 2.05) is 0 Å². The maximum Gasteiger partial charge on any atom is 0.227 e. The third-order valence-corrected chi connectivity index (χ3v) is 4.43. The van der Waals surface area contributed by atoms with Crippen LogP contribution in [-0.2, 0) is 11.2 Å². The van der Waals surface area contributed by atoms with Crippen LogP contribution in [0.2, 0.25) is 10.0 Å². The van der Waals surface area contributed by atoms with Crippen LogP contribution in [-0.4, -0.2) is 45.8 Å². The van der Waals surface area contributed by atoms with Crippen molar-refractivity contribution in [3.8, 4) is 0 Å². The highest BCUT2D eigenvalue weighted by atomic mass is 35.5. The van der Waals surface area contributed by atoms with Crippen molar-refractivity contribution in [1.29, 1.82) is 0 Å². The van der Waals surface area contributed by atoms with E-state index in [1.54, 1.807) is 30.0 Å². The number of amides is 1. The van der Waals surface area contributed by atoms with Crippen LogP contribution >= 0.6 is 23.2 Å². The standard InChI is InChI=1S/C14H17Cl2NO3/c1-14(20)4-5-17(8-12(14)18)13(19)7-9-2-3-10(15)11(16)6-9/h2-3,6,12,18,20H,4-5,7-8H2,1H3/t12-,14-/m1/s1. The summed E-state index contributed by atoms with van der Waals surface area (Å²) < 4.78 is 0. The number of hydrogen-bond acceptors (Lipinski definition) is 3. The molecule has 6 heteroatoms. The molecule has 1 aromatic carbocycles. The monoisotopic (exact) mass is 317 g/mol. The Morgan fingerprint density at radius 2 is 2.15 bits per heavy atom. The quantitative estimate of drug-likeness (QED) is 0.875. The summed E-state index contributed by atoms with van der Waals surface area (Å²) in [6, 6.07) is 5.07. The number of aliphatic hydroxyl groups is 2. The first kappa shape index (κ1) is 15.6. The van der Waals surface area contributed by atoms with E-state index in [0.717, 1.165) is 5.56 Å². The average molecular weight is 318 g/mol. The topological polar surface area (TPSA) is 60.8 Å². The van der Waals surface area contributed by atoms with Crippen molar-refractivity contribution in [2.45, 2.75) is 31.5 Å². The minimum Gasteiger partial charge on any atom is -0.388 e. The molecule has 1 heterocycles. The lowest BCUT2D eigenvalue weighted by Gasteiger charge is -2.40. The number of halogens is 2. The number of hydrogen-bond donors (Lipinski definition) is 2. The van der Waals surface area contributed by atoms with E-state index in [2.05, 4.69) is 0 Å². The molecule has 1 amide bonds. The van der Waals surface area contributed by atoms with Crippen LogP contribution in [0.3, 0.4) is 0 Å². The van der Waals surface area contributed by atoms with Crippen molar-refractivity contribution in [1.82, 2.24) is 4.90 Å². The van der Waals surface area contributed by atoms with Gasteiger partial charge in [-0.15, -0.1) is 0 Å². The maximum atomic E-state index is 12.2. The van der Waals surface area contributed by atoms with Crippen LogP contribution in [0.25, 0.3) is 0 Å². The SMILES string of the molecule is C[C@@]1(O)CCN(C(=O)Cc2ccc(Cl)c(Cl)c2)C[C@H]1O. The first-order valence-electron chi connectivity index (χ1n) is 6.42. The summed E-state index contributed by atoms with van der Waals surface area (Å²) in [6.07, 6.45) is -0.360. The molecule has 20 heavy (non-hydrogen) atoms. The number of piperidine rings is 1. The zero-order chi connectivity index (χ0) is 14.9. The molecule has 4 nitrogen and oxygen atoms in total. The Labute approximate surface area is 127 Å². The first-order chi connectivity index (χ1) is 9.29. The van der Waals surface area contributed by atoms with Gasteiger partial charge < -0.3 is 15.1 Å². The summed E-state index contributed by atoms with van der Waals surface area (Å²) in [6.45, 7) is 2.16. The molecule has 0 bridgehead atoms. The summed E-state index contributed by atoms with van der Waals surface area (Å²) in [5.74, 6) is -0.0991. The highest BCUT2D eigenvalue weighted by Crippen LogP contribution is 2.25. The Balaban J connectivity index is 2.00. The second kappa shape index (κ2) is 5.90. The Kier molecular flexibility index (Phi) is 4.59. The smallest absolute Gasteiger partial charge is 0.227 e. The van der Waals surface area contributed by atoms with Gasteiger partial charge in [0.2, 0.25) is 5.91 Å². The van der Waals surface area contributed by atoms with E-state index in [0.29, 0.717) is 23.0 Å². The summed E-state index contributed by atoms with van der Waals surface area (Å²) in [4.78, 5) is 13.7. The Bertz CT molecular complexity index is 519. The molecular weight excluding hydrogens is 301 g/mol. The number of benzene rings is 1. The Hall–Kier alpha value is -0.810. The molecule has 110 valence electrons. The van der Waals surface area contributed by atoms with Crippen molar-refractivity contribution in [3.63, 3.8) is 0 Å². The van der Waals surface area contributed by atoms with E-state index < -0.39 is 11.7 Å². The van der Waals surface area contributed by atoms with Crippen LogP contribution in [0.4, 0.5) is 0 Å². The van der Waals surface area contributed by atoms with Crippen molar-refractivity contribution in [2.75, 3.05) is 13.1 Å². The molecule has 1 saturated heterocycles. The summed E-state index contributed by atoms with van der Waals surface area (Å²) in [7, 11) is 0. The number of likely N-dealkylation sites (tertiary alicyclic amines) is 1. The van der Waals surface area contributed by atoms with Crippen molar-refractivity contribution in [2.24, 2.45) is 0 Å². The third kappa shape index (κ3) is 3.44. The molecule has 1 aliphatic heterocycles. The molecule has 0 aliphatic carbocycles. The molecule has 1 aliphatic rings. The lowest BCUT2D eigenvalue weighted by Crippen LogP contribution is -2.55. The van der Waals surface area contributed by atoms with E-state index in [1.165, 1.54) is 0 Å². The molecule has 0 spiro atoms. The van der Waals surface area contributed by atoms with Crippen molar-refractivity contribution < 1.29 is 15.0 Å². The van der Waals surface area contributed by atoms with Gasteiger partial charge in [-0.2, -0.15) is 0 Å². The first-order valence-corrected chi connectivity index (χ1v) is 7.17. The number of carbonyl (C=O) groups is 1. The van der Waals surface area contributed by atoms with Crippen LogP contribution in [0.15, 0.2) is 18.2 Å². The van der Waals surface area contributed by atoms with Crippen LogP contribution in [0.5, 0.6) is 0 Å². The molecule has 2 atom stereocenters. The van der Waals surface area contributed by atoms with E-state index in [9.17, 15) is 15.0 Å². The number of carbonyl (C=O) groups excluding carboxylic acids is 1. The summed E-state index contributed by atoms with van der Waals surface area (Å²) in [5.41, 5.74) is -0.350. The van der Waals surface area contributed by atoms with E-state index in [-0.39, 0.29) is 18.9 Å². The summed E-state index contributed by atoms with van der Waals surface area (Å²) in [5, 5.41) is 20.6. The molecular formula is C14H17Cl2NO3. The maximum absolute atomic E-state index is 12.2. The molecule has 1 aromatic rings. The van der Waals surface area contributed by atoms with Gasteiger partial charge in [-0.05, 0) is 31.0 Å². The molecule has 0 aromatic heterocycles. The van der Waals surface area contributed by atoms with Gasteiger partial charge in [0.15, 0.2) is 0 Å². The molecule has 2 rings (SSSR count). The van der Waals surface area contributed by atoms with Gasteiger partial charge in [0.1, 0.15) is 0 Å². The van der Waals surface area contributed by atoms with Crippen molar-refractivity contribution >= 4 is 29.1 Å². The van der Waals surface area contributed by atoms with E-state index >= 15 is 0 Å². The van der Waals surface area contributed by atoms with E-state index in [4.69, 9.17) is 23.2 Å². The normalized spacial score (nSPS) is 26.6. The average Bonchev–Trinajstić information content (AvgIpc) is 2.37. The zero-order valence-electron chi connectivity index (χ0n) is 11.1. The molecule has 2 N–H and O–H groups in total. The van der Waals surface area contributed by atoms with Gasteiger partial charge in [0, 0.05) is 13.1 Å². The fraction of sp³-hybridized carbons (Fsp3) is 0.500. The lowest BCUT2D eigenvalue weighted by atomic mass is 9.90. The fourth-order valence-corrected chi connectivity index (χ4v) is 2.51. The number of aliphatic hydroxyl groups excluding tert-OH is 1. The molecule has 0 unspecified atom stereocenters. The largest absolute Gasteiger partial charge is 0.388 e. The van der Waals surface area contributed by atoms with Gasteiger partial charge >= 0.3 is 0 Å². The minimum absolute atomic E-state index is 0.0991.